The highest BCUT2D eigenvalue weighted by Crippen LogP contribution is 2.29. The molecule has 0 spiro atoms. The van der Waals surface area contributed by atoms with Gasteiger partial charge in [-0.05, 0) is 43.4 Å². The first kappa shape index (κ1) is 16.1. The molecule has 2 rings (SSSR count). The highest BCUT2D eigenvalue weighted by atomic mass is 35.5. The van der Waals surface area contributed by atoms with Crippen LogP contribution < -0.4 is 16.0 Å². The van der Waals surface area contributed by atoms with Crippen molar-refractivity contribution in [3.05, 3.63) is 28.8 Å². The Morgan fingerprint density at radius 2 is 2.33 bits per heavy atom. The predicted molar refractivity (Wildman–Crippen MR) is 87.8 cm³/mol. The Hall–Kier alpha value is -1.26. The van der Waals surface area contributed by atoms with Gasteiger partial charge in [0.2, 0.25) is 5.91 Å². The molecular formula is C16H24ClN3O. The van der Waals surface area contributed by atoms with Crippen LogP contribution in [0.3, 0.4) is 0 Å². The van der Waals surface area contributed by atoms with Crippen LogP contribution in [0.1, 0.15) is 25.3 Å². The lowest BCUT2D eigenvalue weighted by Gasteiger charge is -2.21. The molecule has 0 aromatic heterocycles. The molecule has 4 nitrogen and oxygen atoms in total. The van der Waals surface area contributed by atoms with Crippen LogP contribution in [0.25, 0.3) is 0 Å². The van der Waals surface area contributed by atoms with Crippen LogP contribution in [0.5, 0.6) is 0 Å². The molecule has 1 aromatic rings. The molecule has 116 valence electrons. The molecule has 1 aliphatic rings. The summed E-state index contributed by atoms with van der Waals surface area (Å²) in [5.41, 5.74) is 8.15. The molecule has 1 saturated heterocycles. The van der Waals surface area contributed by atoms with E-state index >= 15 is 0 Å². The van der Waals surface area contributed by atoms with Gasteiger partial charge in [0.15, 0.2) is 0 Å². The molecule has 1 aromatic carbocycles. The Morgan fingerprint density at radius 3 is 3.05 bits per heavy atom. The van der Waals surface area contributed by atoms with E-state index in [0.717, 1.165) is 24.5 Å². The van der Waals surface area contributed by atoms with Crippen molar-refractivity contribution < 1.29 is 4.79 Å². The summed E-state index contributed by atoms with van der Waals surface area (Å²) in [6, 6.07) is 5.59. The molecule has 0 aliphatic carbocycles. The molecule has 1 amide bonds. The van der Waals surface area contributed by atoms with Crippen molar-refractivity contribution in [3.8, 4) is 0 Å². The summed E-state index contributed by atoms with van der Waals surface area (Å²) in [6.45, 7) is 6.66. The molecule has 1 fully saturated rings. The number of anilines is 1. The molecule has 5 heteroatoms. The summed E-state index contributed by atoms with van der Waals surface area (Å²) in [5, 5.41) is 3.72. The number of nitrogens with two attached hydrogens (primary N) is 1. The van der Waals surface area contributed by atoms with E-state index in [1.165, 1.54) is 11.3 Å². The smallest absolute Gasteiger partial charge is 0.236 e. The Kier molecular flexibility index (Phi) is 5.48. The number of amides is 1. The van der Waals surface area contributed by atoms with Crippen LogP contribution >= 0.6 is 11.6 Å². The summed E-state index contributed by atoms with van der Waals surface area (Å²) in [7, 11) is 0. The average Bonchev–Trinajstić information content (AvgIpc) is 2.95. The maximum absolute atomic E-state index is 11.7. The molecule has 21 heavy (non-hydrogen) atoms. The Morgan fingerprint density at radius 1 is 1.57 bits per heavy atom. The average molecular weight is 310 g/mol. The second-order valence-corrected chi connectivity index (χ2v) is 6.23. The van der Waals surface area contributed by atoms with E-state index in [1.54, 1.807) is 0 Å². The zero-order valence-electron chi connectivity index (χ0n) is 12.7. The summed E-state index contributed by atoms with van der Waals surface area (Å²) < 4.78 is 0. The third-order valence-corrected chi connectivity index (χ3v) is 4.37. The number of nitrogens with zero attached hydrogens (tertiary/aromatic N) is 1. The highest BCUT2D eigenvalue weighted by molar-refractivity contribution is 6.30. The van der Waals surface area contributed by atoms with E-state index in [1.807, 2.05) is 25.1 Å². The maximum atomic E-state index is 11.7. The van der Waals surface area contributed by atoms with Gasteiger partial charge in [-0.2, -0.15) is 0 Å². The highest BCUT2D eigenvalue weighted by Gasteiger charge is 2.24. The summed E-state index contributed by atoms with van der Waals surface area (Å²) in [4.78, 5) is 14.1. The minimum atomic E-state index is -0.391. The largest absolute Gasteiger partial charge is 0.371 e. The SMILES string of the molecule is CC[C@H](N)C(=O)NCC1CCN(c2cc(Cl)ccc2C)C1. The van der Waals surface area contributed by atoms with Gasteiger partial charge in [-0.3, -0.25) is 4.79 Å². The number of carbonyl (C=O) groups excluding carboxylic acids is 1. The van der Waals surface area contributed by atoms with E-state index in [0.29, 0.717) is 18.9 Å². The van der Waals surface area contributed by atoms with Crippen molar-refractivity contribution in [2.75, 3.05) is 24.5 Å². The van der Waals surface area contributed by atoms with E-state index < -0.39 is 6.04 Å². The molecule has 0 saturated carbocycles. The number of benzene rings is 1. The van der Waals surface area contributed by atoms with Crippen molar-refractivity contribution in [1.82, 2.24) is 5.32 Å². The van der Waals surface area contributed by atoms with Gasteiger partial charge >= 0.3 is 0 Å². The van der Waals surface area contributed by atoms with Crippen molar-refractivity contribution in [3.63, 3.8) is 0 Å². The standard InChI is InChI=1S/C16H24ClN3O/c1-3-14(18)16(21)19-9-12-6-7-20(10-12)15-8-13(17)5-4-11(15)2/h4-5,8,12,14H,3,6-7,9-10,18H2,1-2H3,(H,19,21)/t12?,14-/m0/s1. The zero-order valence-corrected chi connectivity index (χ0v) is 13.5. The molecule has 0 radical (unpaired) electrons. The normalized spacial score (nSPS) is 19.6. The van der Waals surface area contributed by atoms with E-state index in [4.69, 9.17) is 17.3 Å². The zero-order chi connectivity index (χ0) is 15.4. The minimum Gasteiger partial charge on any atom is -0.371 e. The first-order valence-corrected chi connectivity index (χ1v) is 7.93. The van der Waals surface area contributed by atoms with Gasteiger partial charge in [0.1, 0.15) is 0 Å². The van der Waals surface area contributed by atoms with Crippen molar-refractivity contribution in [2.24, 2.45) is 11.7 Å². The minimum absolute atomic E-state index is 0.0464. The molecule has 3 N–H and O–H groups in total. The van der Waals surface area contributed by atoms with Gasteiger partial charge < -0.3 is 16.0 Å². The topological polar surface area (TPSA) is 58.4 Å². The molecule has 1 unspecified atom stereocenters. The Balaban J connectivity index is 1.89. The Labute approximate surface area is 131 Å². The van der Waals surface area contributed by atoms with Gasteiger partial charge in [0.05, 0.1) is 6.04 Å². The van der Waals surface area contributed by atoms with Gasteiger partial charge in [-0.25, -0.2) is 0 Å². The first-order valence-electron chi connectivity index (χ1n) is 7.55. The monoisotopic (exact) mass is 309 g/mol. The number of carbonyl (C=O) groups is 1. The van der Waals surface area contributed by atoms with Gasteiger partial charge in [-0.15, -0.1) is 0 Å². The summed E-state index contributed by atoms with van der Waals surface area (Å²) in [6.07, 6.45) is 1.75. The molecule has 1 heterocycles. The number of halogens is 1. The number of rotatable bonds is 5. The van der Waals surface area contributed by atoms with Crippen LogP contribution in [0.15, 0.2) is 18.2 Å². The summed E-state index contributed by atoms with van der Waals surface area (Å²) in [5.74, 6) is 0.422. The van der Waals surface area contributed by atoms with Crippen LogP contribution in [0.2, 0.25) is 5.02 Å². The van der Waals surface area contributed by atoms with Gasteiger partial charge in [0, 0.05) is 30.3 Å². The third kappa shape index (κ3) is 4.11. The summed E-state index contributed by atoms with van der Waals surface area (Å²) >= 11 is 6.09. The number of aryl methyl sites for hydroxylation is 1. The van der Waals surface area contributed by atoms with Crippen molar-refractivity contribution >= 4 is 23.2 Å². The fraction of sp³-hybridized carbons (Fsp3) is 0.562. The third-order valence-electron chi connectivity index (χ3n) is 4.14. The fourth-order valence-corrected chi connectivity index (χ4v) is 2.87. The Bertz CT molecular complexity index is 506. The first-order chi connectivity index (χ1) is 10.0. The maximum Gasteiger partial charge on any atom is 0.236 e. The van der Waals surface area contributed by atoms with Crippen LogP contribution in [-0.4, -0.2) is 31.6 Å². The number of nitrogens with one attached hydrogen (secondary N) is 1. The molecule has 0 bridgehead atoms. The van der Waals surface area contributed by atoms with Crippen LogP contribution in [0.4, 0.5) is 5.69 Å². The lowest BCUT2D eigenvalue weighted by atomic mass is 10.1. The van der Waals surface area contributed by atoms with Crippen molar-refractivity contribution in [2.45, 2.75) is 32.7 Å². The molecular weight excluding hydrogens is 286 g/mol. The lowest BCUT2D eigenvalue weighted by molar-refractivity contribution is -0.122. The second kappa shape index (κ2) is 7.14. The quantitative estimate of drug-likeness (QED) is 0.877. The number of hydrogen-bond donors (Lipinski definition) is 2. The van der Waals surface area contributed by atoms with E-state index in [2.05, 4.69) is 17.1 Å². The van der Waals surface area contributed by atoms with E-state index in [-0.39, 0.29) is 5.91 Å². The van der Waals surface area contributed by atoms with Crippen LogP contribution in [0, 0.1) is 12.8 Å². The predicted octanol–water partition coefficient (Wildman–Crippen LogP) is 2.33. The van der Waals surface area contributed by atoms with Gasteiger partial charge in [0.25, 0.3) is 0 Å². The number of hydrogen-bond acceptors (Lipinski definition) is 3. The van der Waals surface area contributed by atoms with E-state index in [9.17, 15) is 4.79 Å². The van der Waals surface area contributed by atoms with Gasteiger partial charge in [-0.1, -0.05) is 24.6 Å². The lowest BCUT2D eigenvalue weighted by Crippen LogP contribution is -2.42. The second-order valence-electron chi connectivity index (χ2n) is 5.79. The van der Waals surface area contributed by atoms with Crippen molar-refractivity contribution in [1.29, 1.82) is 0 Å². The molecule has 2 atom stereocenters. The fourth-order valence-electron chi connectivity index (χ4n) is 2.70. The molecule has 1 aliphatic heterocycles. The van der Waals surface area contributed by atoms with Crippen LogP contribution in [-0.2, 0) is 4.79 Å².